The molecule has 0 saturated carbocycles. The summed E-state index contributed by atoms with van der Waals surface area (Å²) in [7, 11) is 0. The van der Waals surface area contributed by atoms with Crippen molar-refractivity contribution in [2.45, 2.75) is 19.9 Å². The van der Waals surface area contributed by atoms with Crippen LogP contribution in [0.15, 0.2) is 17.1 Å². The molecular weight excluding hydrogens is 232 g/mol. The number of nitrogens with zero attached hydrogens (tertiary/aromatic N) is 3. The van der Waals surface area contributed by atoms with Gasteiger partial charge in [-0.15, -0.1) is 0 Å². The number of carbonyl (C=O) groups is 1. The van der Waals surface area contributed by atoms with Gasteiger partial charge in [-0.3, -0.25) is 9.59 Å². The average Bonchev–Trinajstić information content (AvgIpc) is 2.38. The minimum absolute atomic E-state index is 0.0887. The molecule has 2 rings (SSSR count). The van der Waals surface area contributed by atoms with E-state index >= 15 is 0 Å². The van der Waals surface area contributed by atoms with E-state index in [1.165, 1.54) is 10.7 Å². The summed E-state index contributed by atoms with van der Waals surface area (Å²) in [4.78, 5) is 25.3. The molecule has 0 aliphatic carbocycles. The van der Waals surface area contributed by atoms with E-state index < -0.39 is 0 Å². The van der Waals surface area contributed by atoms with Crippen molar-refractivity contribution in [3.8, 4) is 0 Å². The third-order valence-corrected chi connectivity index (χ3v) is 3.01. The van der Waals surface area contributed by atoms with Gasteiger partial charge in [0.05, 0.1) is 12.7 Å². The van der Waals surface area contributed by atoms with Crippen LogP contribution >= 0.6 is 0 Å². The molecule has 1 saturated heterocycles. The Morgan fingerprint density at radius 3 is 2.83 bits per heavy atom. The van der Waals surface area contributed by atoms with Crippen molar-refractivity contribution in [2.24, 2.45) is 0 Å². The van der Waals surface area contributed by atoms with Gasteiger partial charge in [-0.2, -0.15) is 5.10 Å². The molecule has 2 heterocycles. The molecule has 6 nitrogen and oxygen atoms in total. The van der Waals surface area contributed by atoms with Crippen LogP contribution in [0.25, 0.3) is 0 Å². The van der Waals surface area contributed by atoms with Crippen molar-refractivity contribution in [3.05, 3.63) is 28.2 Å². The van der Waals surface area contributed by atoms with Crippen molar-refractivity contribution in [1.82, 2.24) is 20.0 Å². The smallest absolute Gasteiger partial charge is 0.266 e. The molecule has 1 N–H and O–H groups in total. The maximum Gasteiger partial charge on any atom is 0.266 e. The molecule has 0 bridgehead atoms. The molecule has 1 amide bonds. The minimum Gasteiger partial charge on any atom is -0.340 e. The summed E-state index contributed by atoms with van der Waals surface area (Å²) in [5.41, 5.74) is 0.688. The van der Waals surface area contributed by atoms with Crippen LogP contribution in [0.3, 0.4) is 0 Å². The molecule has 0 unspecified atom stereocenters. The van der Waals surface area contributed by atoms with E-state index in [4.69, 9.17) is 0 Å². The summed E-state index contributed by atoms with van der Waals surface area (Å²) >= 11 is 0. The summed E-state index contributed by atoms with van der Waals surface area (Å²) in [5.74, 6) is 0.0887. The van der Waals surface area contributed by atoms with Crippen molar-refractivity contribution in [1.29, 1.82) is 0 Å². The Kier molecular flexibility index (Phi) is 4.09. The number of hydrogen-bond acceptors (Lipinski definition) is 4. The summed E-state index contributed by atoms with van der Waals surface area (Å²) < 4.78 is 1.34. The van der Waals surface area contributed by atoms with Crippen LogP contribution in [0.4, 0.5) is 0 Å². The number of aromatic nitrogens is 2. The summed E-state index contributed by atoms with van der Waals surface area (Å²) in [5, 5.41) is 7.21. The number of amides is 1. The fourth-order valence-electron chi connectivity index (χ4n) is 1.97. The monoisotopic (exact) mass is 250 g/mol. The van der Waals surface area contributed by atoms with E-state index in [1.54, 1.807) is 6.20 Å². The zero-order chi connectivity index (χ0) is 13.0. The molecule has 0 atom stereocenters. The Morgan fingerprint density at radius 2 is 2.17 bits per heavy atom. The first-order valence-corrected chi connectivity index (χ1v) is 6.19. The second-order valence-corrected chi connectivity index (χ2v) is 4.48. The van der Waals surface area contributed by atoms with Crippen molar-refractivity contribution in [3.63, 3.8) is 0 Å². The van der Waals surface area contributed by atoms with Gasteiger partial charge in [0.15, 0.2) is 0 Å². The van der Waals surface area contributed by atoms with Gasteiger partial charge in [0.2, 0.25) is 5.91 Å². The van der Waals surface area contributed by atoms with E-state index in [0.29, 0.717) is 13.0 Å². The molecule has 1 aromatic rings. The van der Waals surface area contributed by atoms with Gasteiger partial charge in [-0.1, -0.05) is 0 Å². The van der Waals surface area contributed by atoms with Crippen molar-refractivity contribution >= 4 is 5.91 Å². The maximum absolute atomic E-state index is 11.9. The molecule has 0 aromatic carbocycles. The van der Waals surface area contributed by atoms with Gasteiger partial charge in [-0.05, 0) is 12.5 Å². The summed E-state index contributed by atoms with van der Waals surface area (Å²) in [6, 6.07) is 1.53. The lowest BCUT2D eigenvalue weighted by Gasteiger charge is -2.27. The van der Waals surface area contributed by atoms with E-state index in [2.05, 4.69) is 10.4 Å². The Hall–Kier alpha value is -1.69. The number of hydrogen-bond donors (Lipinski definition) is 1. The van der Waals surface area contributed by atoms with E-state index in [9.17, 15) is 9.59 Å². The molecule has 98 valence electrons. The van der Waals surface area contributed by atoms with Crippen LogP contribution in [0.2, 0.25) is 0 Å². The topological polar surface area (TPSA) is 67.2 Å². The quantitative estimate of drug-likeness (QED) is 0.776. The highest BCUT2D eigenvalue weighted by atomic mass is 16.2. The highest BCUT2D eigenvalue weighted by Gasteiger charge is 2.15. The highest BCUT2D eigenvalue weighted by Crippen LogP contribution is 1.98. The largest absolute Gasteiger partial charge is 0.340 e. The van der Waals surface area contributed by atoms with Crippen LogP contribution in [0, 0.1) is 6.92 Å². The molecule has 1 aliphatic rings. The molecule has 1 aliphatic heterocycles. The van der Waals surface area contributed by atoms with E-state index in [-0.39, 0.29) is 11.5 Å². The number of carbonyl (C=O) groups excluding carboxylic acids is 1. The normalized spacial score (nSPS) is 15.7. The first-order valence-electron chi connectivity index (χ1n) is 6.19. The Labute approximate surface area is 106 Å². The molecule has 18 heavy (non-hydrogen) atoms. The molecular formula is C12H18N4O2. The zero-order valence-corrected chi connectivity index (χ0v) is 10.6. The summed E-state index contributed by atoms with van der Waals surface area (Å²) in [6.07, 6.45) is 1.96. The van der Waals surface area contributed by atoms with Crippen molar-refractivity contribution < 1.29 is 4.79 Å². The lowest BCUT2D eigenvalue weighted by molar-refractivity contribution is -0.132. The SMILES string of the molecule is Cc1cnn(CCC(=O)N2CCNCC2)c(=O)c1. The molecule has 6 heteroatoms. The van der Waals surface area contributed by atoms with Crippen LogP contribution < -0.4 is 10.9 Å². The maximum atomic E-state index is 11.9. The Bertz CT molecular complexity index is 477. The first-order chi connectivity index (χ1) is 8.66. The zero-order valence-electron chi connectivity index (χ0n) is 10.6. The van der Waals surface area contributed by atoms with Gasteiger partial charge >= 0.3 is 0 Å². The summed E-state index contributed by atoms with van der Waals surface area (Å²) in [6.45, 7) is 5.35. The van der Waals surface area contributed by atoms with E-state index in [0.717, 1.165) is 31.7 Å². The molecule has 0 spiro atoms. The number of rotatable bonds is 3. The fraction of sp³-hybridized carbons (Fsp3) is 0.583. The van der Waals surface area contributed by atoms with Crippen LogP contribution in [-0.2, 0) is 11.3 Å². The van der Waals surface area contributed by atoms with Crippen LogP contribution in [0.1, 0.15) is 12.0 Å². The number of piperazine rings is 1. The predicted octanol–water partition coefficient (Wildman–Crippen LogP) is -0.626. The Morgan fingerprint density at radius 1 is 1.44 bits per heavy atom. The highest BCUT2D eigenvalue weighted by molar-refractivity contribution is 5.76. The second-order valence-electron chi connectivity index (χ2n) is 4.48. The van der Waals surface area contributed by atoms with Gasteiger partial charge in [0, 0.05) is 38.7 Å². The lowest BCUT2D eigenvalue weighted by atomic mass is 10.3. The Balaban J connectivity index is 1.90. The van der Waals surface area contributed by atoms with Crippen LogP contribution in [-0.4, -0.2) is 46.8 Å². The standard InChI is InChI=1S/C12H18N4O2/c1-10-8-12(18)16(14-9-10)5-2-11(17)15-6-3-13-4-7-15/h8-9,13H,2-7H2,1H3. The third-order valence-electron chi connectivity index (χ3n) is 3.01. The first kappa shape index (κ1) is 12.8. The van der Waals surface area contributed by atoms with Gasteiger partial charge in [0.1, 0.15) is 0 Å². The molecule has 1 aromatic heterocycles. The van der Waals surface area contributed by atoms with Gasteiger partial charge < -0.3 is 10.2 Å². The minimum atomic E-state index is -0.150. The second kappa shape index (κ2) is 5.77. The number of aryl methyl sites for hydroxylation is 2. The van der Waals surface area contributed by atoms with Gasteiger partial charge in [-0.25, -0.2) is 4.68 Å². The molecule has 1 fully saturated rings. The predicted molar refractivity (Wildman–Crippen MR) is 67.3 cm³/mol. The van der Waals surface area contributed by atoms with Gasteiger partial charge in [0.25, 0.3) is 5.56 Å². The third kappa shape index (κ3) is 3.16. The lowest BCUT2D eigenvalue weighted by Crippen LogP contribution is -2.46. The molecule has 0 radical (unpaired) electrons. The van der Waals surface area contributed by atoms with Crippen molar-refractivity contribution in [2.75, 3.05) is 26.2 Å². The number of nitrogens with one attached hydrogen (secondary N) is 1. The fourth-order valence-corrected chi connectivity index (χ4v) is 1.97. The average molecular weight is 250 g/mol. The van der Waals surface area contributed by atoms with E-state index in [1.807, 2.05) is 11.8 Å². The van der Waals surface area contributed by atoms with Crippen LogP contribution in [0.5, 0.6) is 0 Å².